The predicted octanol–water partition coefficient (Wildman–Crippen LogP) is 3.03. The second kappa shape index (κ2) is 21.6. The molecule has 0 atom stereocenters. The van der Waals surface area contributed by atoms with Crippen molar-refractivity contribution in [3.63, 3.8) is 0 Å². The average molecular weight is 426 g/mol. The van der Waals surface area contributed by atoms with E-state index >= 15 is 0 Å². The summed E-state index contributed by atoms with van der Waals surface area (Å²) in [4.78, 5) is 11.7. The lowest BCUT2D eigenvalue weighted by Gasteiger charge is -2.04. The van der Waals surface area contributed by atoms with Crippen LogP contribution in [-0.2, 0) is 4.79 Å². The largest absolute Gasteiger partial charge is 1.00 e. The summed E-state index contributed by atoms with van der Waals surface area (Å²) in [6.07, 6.45) is 19.0. The van der Waals surface area contributed by atoms with E-state index in [0.29, 0.717) is 12.2 Å². The van der Waals surface area contributed by atoms with Crippen LogP contribution in [0.3, 0.4) is 0 Å². The van der Waals surface area contributed by atoms with E-state index in [9.17, 15) is 4.79 Å². The lowest BCUT2D eigenvalue weighted by Crippen LogP contribution is -3.00. The Morgan fingerprint density at radius 3 is 1.76 bits per heavy atom. The number of hydrogen-bond donors (Lipinski definition) is 1. The highest BCUT2D eigenvalue weighted by atomic mass is 35.5. The zero-order valence-corrected chi connectivity index (χ0v) is 19.4. The number of carbonyl (C=O) groups excluding carboxylic acids is 1. The molecule has 0 heterocycles. The molecule has 0 aliphatic carbocycles. The van der Waals surface area contributed by atoms with Gasteiger partial charge in [0.05, 0.1) is 13.1 Å². The van der Waals surface area contributed by atoms with Crippen molar-refractivity contribution in [1.29, 1.82) is 0 Å². The van der Waals surface area contributed by atoms with E-state index in [4.69, 9.17) is 4.74 Å². The SMILES string of the molecule is CCCCCCCC[NH2+]CCCCCCCCCCC(=O)Oc1ccccc1.[Cl-]. The van der Waals surface area contributed by atoms with Crippen LogP contribution in [0.1, 0.15) is 103 Å². The summed E-state index contributed by atoms with van der Waals surface area (Å²) >= 11 is 0. The Morgan fingerprint density at radius 1 is 0.724 bits per heavy atom. The number of hydrogen-bond acceptors (Lipinski definition) is 2. The van der Waals surface area contributed by atoms with E-state index in [1.807, 2.05) is 30.3 Å². The van der Waals surface area contributed by atoms with Gasteiger partial charge in [-0.1, -0.05) is 82.9 Å². The minimum absolute atomic E-state index is 0. The molecule has 0 aromatic heterocycles. The van der Waals surface area contributed by atoms with E-state index in [-0.39, 0.29) is 18.4 Å². The Labute approximate surface area is 185 Å². The number of nitrogens with two attached hydrogens (primary N) is 1. The van der Waals surface area contributed by atoms with Crippen LogP contribution in [0.4, 0.5) is 0 Å². The Kier molecular flexibility index (Phi) is 20.9. The van der Waals surface area contributed by atoms with Crippen LogP contribution in [0, 0.1) is 0 Å². The first-order valence-electron chi connectivity index (χ1n) is 11.9. The van der Waals surface area contributed by atoms with Crippen LogP contribution in [0.15, 0.2) is 30.3 Å². The number of rotatable bonds is 19. The normalized spacial score (nSPS) is 10.5. The van der Waals surface area contributed by atoms with Gasteiger partial charge in [-0.3, -0.25) is 4.79 Å². The van der Waals surface area contributed by atoms with Crippen molar-refractivity contribution in [3.05, 3.63) is 30.3 Å². The number of halogens is 1. The van der Waals surface area contributed by atoms with Gasteiger partial charge >= 0.3 is 5.97 Å². The number of esters is 1. The van der Waals surface area contributed by atoms with E-state index in [2.05, 4.69) is 12.2 Å². The molecule has 1 aromatic rings. The molecule has 0 aliphatic heterocycles. The topological polar surface area (TPSA) is 42.9 Å². The molecule has 0 unspecified atom stereocenters. The van der Waals surface area contributed by atoms with Gasteiger partial charge < -0.3 is 22.5 Å². The monoisotopic (exact) mass is 425 g/mol. The van der Waals surface area contributed by atoms with Crippen molar-refractivity contribution in [2.75, 3.05) is 13.1 Å². The third kappa shape index (κ3) is 18.7. The second-order valence-corrected chi connectivity index (χ2v) is 8.00. The maximum atomic E-state index is 11.7. The van der Waals surface area contributed by atoms with E-state index < -0.39 is 0 Å². The quantitative estimate of drug-likeness (QED) is 0.210. The van der Waals surface area contributed by atoms with Crippen LogP contribution in [0.25, 0.3) is 0 Å². The van der Waals surface area contributed by atoms with Gasteiger partial charge in [-0.2, -0.15) is 0 Å². The molecule has 0 radical (unpaired) electrons. The van der Waals surface area contributed by atoms with Crippen LogP contribution >= 0.6 is 0 Å². The number of ether oxygens (including phenoxy) is 1. The Bertz CT molecular complexity index is 467. The van der Waals surface area contributed by atoms with Gasteiger partial charge in [-0.15, -0.1) is 0 Å². The molecular weight excluding hydrogens is 382 g/mol. The third-order valence-corrected chi connectivity index (χ3v) is 5.28. The highest BCUT2D eigenvalue weighted by Crippen LogP contribution is 2.12. The van der Waals surface area contributed by atoms with Gasteiger partial charge in [0, 0.05) is 6.42 Å². The fourth-order valence-electron chi connectivity index (χ4n) is 3.50. The van der Waals surface area contributed by atoms with Gasteiger partial charge in [0.2, 0.25) is 0 Å². The number of carbonyl (C=O) groups is 1. The molecule has 0 fully saturated rings. The van der Waals surface area contributed by atoms with Crippen molar-refractivity contribution in [1.82, 2.24) is 0 Å². The van der Waals surface area contributed by atoms with Gasteiger partial charge in [-0.25, -0.2) is 0 Å². The van der Waals surface area contributed by atoms with Gasteiger partial charge in [0.15, 0.2) is 0 Å². The summed E-state index contributed by atoms with van der Waals surface area (Å²) < 4.78 is 5.30. The van der Waals surface area contributed by atoms with Crippen molar-refractivity contribution in [2.45, 2.75) is 103 Å². The first-order chi connectivity index (χ1) is 13.8. The summed E-state index contributed by atoms with van der Waals surface area (Å²) in [6.45, 7) is 4.90. The third-order valence-electron chi connectivity index (χ3n) is 5.28. The molecule has 0 amide bonds. The summed E-state index contributed by atoms with van der Waals surface area (Å²) in [5, 5.41) is 2.51. The van der Waals surface area contributed by atoms with Crippen molar-refractivity contribution < 1.29 is 27.3 Å². The minimum Gasteiger partial charge on any atom is -1.00 e. The van der Waals surface area contributed by atoms with E-state index in [0.717, 1.165) is 12.8 Å². The average Bonchev–Trinajstić information content (AvgIpc) is 2.71. The summed E-state index contributed by atoms with van der Waals surface area (Å²) in [6, 6.07) is 9.34. The molecule has 4 heteroatoms. The smallest absolute Gasteiger partial charge is 0.311 e. The highest BCUT2D eigenvalue weighted by Gasteiger charge is 2.04. The van der Waals surface area contributed by atoms with Crippen molar-refractivity contribution >= 4 is 5.97 Å². The van der Waals surface area contributed by atoms with Crippen molar-refractivity contribution in [3.8, 4) is 5.75 Å². The maximum Gasteiger partial charge on any atom is 0.311 e. The standard InChI is InChI=1S/C25H43NO2.ClH/c1-2-3-4-5-11-17-22-26-23-18-12-9-7-6-8-10-16-21-25(27)28-24-19-14-13-15-20-24;/h13-15,19-20,26H,2-12,16-18,21-23H2,1H3;1H. The van der Waals surface area contributed by atoms with Crippen molar-refractivity contribution in [2.24, 2.45) is 0 Å². The first-order valence-corrected chi connectivity index (χ1v) is 11.9. The van der Waals surface area contributed by atoms with Gasteiger partial charge in [-0.05, 0) is 44.2 Å². The predicted molar refractivity (Wildman–Crippen MR) is 119 cm³/mol. The first kappa shape index (κ1) is 27.9. The summed E-state index contributed by atoms with van der Waals surface area (Å²) in [5.74, 6) is 0.542. The van der Waals surface area contributed by atoms with Crippen LogP contribution in [-0.4, -0.2) is 19.1 Å². The number of benzene rings is 1. The van der Waals surface area contributed by atoms with E-state index in [1.165, 1.54) is 90.1 Å². The van der Waals surface area contributed by atoms with Crippen LogP contribution in [0.5, 0.6) is 5.75 Å². The van der Waals surface area contributed by atoms with Gasteiger partial charge in [0.1, 0.15) is 5.75 Å². The molecule has 29 heavy (non-hydrogen) atoms. The number of unbranched alkanes of at least 4 members (excludes halogenated alkanes) is 12. The molecule has 0 bridgehead atoms. The fraction of sp³-hybridized carbons (Fsp3) is 0.720. The maximum absolute atomic E-state index is 11.7. The zero-order valence-electron chi connectivity index (χ0n) is 18.7. The molecule has 0 aliphatic rings. The molecule has 0 saturated carbocycles. The highest BCUT2D eigenvalue weighted by molar-refractivity contribution is 5.72. The molecule has 1 rings (SSSR count). The molecular formula is C25H44ClNO2. The molecule has 2 N–H and O–H groups in total. The number of para-hydroxylation sites is 1. The zero-order chi connectivity index (χ0) is 20.1. The molecule has 0 spiro atoms. The molecule has 0 saturated heterocycles. The van der Waals surface area contributed by atoms with E-state index in [1.54, 1.807) is 0 Å². The molecule has 1 aromatic carbocycles. The molecule has 168 valence electrons. The van der Waals surface area contributed by atoms with Gasteiger partial charge in [0.25, 0.3) is 0 Å². The fourth-order valence-corrected chi connectivity index (χ4v) is 3.50. The van der Waals surface area contributed by atoms with Crippen LogP contribution in [0.2, 0.25) is 0 Å². The summed E-state index contributed by atoms with van der Waals surface area (Å²) in [7, 11) is 0. The second-order valence-electron chi connectivity index (χ2n) is 8.00. The molecule has 3 nitrogen and oxygen atoms in total. The lowest BCUT2D eigenvalue weighted by molar-refractivity contribution is -0.655. The Morgan fingerprint density at radius 2 is 1.21 bits per heavy atom. The Balaban J connectivity index is 0.00000784. The Hall–Kier alpha value is -1.06. The number of quaternary nitrogens is 1. The van der Waals surface area contributed by atoms with Crippen LogP contribution < -0.4 is 22.5 Å². The lowest BCUT2D eigenvalue weighted by atomic mass is 10.1. The summed E-state index contributed by atoms with van der Waals surface area (Å²) in [5.41, 5.74) is 0. The minimum atomic E-state index is -0.108.